The fourth-order valence-electron chi connectivity index (χ4n) is 3.87. The van der Waals surface area contributed by atoms with Gasteiger partial charge in [-0.2, -0.15) is 8.78 Å². The minimum atomic E-state index is -4.98. The molecule has 1 aliphatic heterocycles. The largest absolute Gasteiger partial charge is 0.573 e. The Morgan fingerprint density at radius 1 is 1.15 bits per heavy atom. The number of rotatable bonds is 6. The number of nitrogens with zero attached hydrogens (tertiary/aromatic N) is 4. The molecule has 3 aromatic rings. The van der Waals surface area contributed by atoms with Gasteiger partial charge in [-0.25, -0.2) is 0 Å². The predicted octanol–water partition coefficient (Wildman–Crippen LogP) is 4.70. The first kappa shape index (κ1) is 22.9. The lowest BCUT2D eigenvalue weighted by Crippen LogP contribution is -2.40. The summed E-state index contributed by atoms with van der Waals surface area (Å²) in [7, 11) is 2.03. The molecule has 2 aromatic heterocycles. The number of pyridine rings is 1. The number of hydrogen-bond acceptors (Lipinski definition) is 7. The molecule has 33 heavy (non-hydrogen) atoms. The maximum absolute atomic E-state index is 13.0. The summed E-state index contributed by atoms with van der Waals surface area (Å²) in [5.41, 5.74) is 0.199. The fourth-order valence-corrected chi connectivity index (χ4v) is 3.87. The van der Waals surface area contributed by atoms with Crippen molar-refractivity contribution in [3.63, 3.8) is 0 Å². The molecule has 1 aliphatic rings. The molecule has 176 valence electrons. The van der Waals surface area contributed by atoms with Crippen molar-refractivity contribution in [3.05, 3.63) is 36.7 Å². The van der Waals surface area contributed by atoms with E-state index in [0.29, 0.717) is 16.6 Å². The molecule has 0 radical (unpaired) electrons. The normalized spacial score (nSPS) is 17.4. The molecule has 0 unspecified atom stereocenters. The highest BCUT2D eigenvalue weighted by atomic mass is 19.4. The monoisotopic (exact) mass is 469 g/mol. The first-order chi connectivity index (χ1) is 15.7. The van der Waals surface area contributed by atoms with Crippen molar-refractivity contribution < 1.29 is 31.4 Å². The zero-order valence-electron chi connectivity index (χ0n) is 17.4. The number of hydrogen-bond donors (Lipinski definition) is 1. The van der Waals surface area contributed by atoms with Crippen molar-refractivity contribution in [1.82, 2.24) is 20.1 Å². The molecular formula is C21H20F5N5O2. The van der Waals surface area contributed by atoms with E-state index in [2.05, 4.69) is 34.9 Å². The molecule has 3 heterocycles. The molecule has 1 saturated heterocycles. The van der Waals surface area contributed by atoms with Crippen LogP contribution in [0.3, 0.4) is 0 Å². The number of likely N-dealkylation sites (tertiary alicyclic amines) is 1. The van der Waals surface area contributed by atoms with Crippen LogP contribution in [0.1, 0.15) is 12.8 Å². The Balaban J connectivity index is 1.75. The average Bonchev–Trinajstić information content (AvgIpc) is 2.73. The number of fused-ring (bicyclic) bond motifs is 1. The van der Waals surface area contributed by atoms with Crippen LogP contribution in [0.5, 0.6) is 11.5 Å². The molecule has 0 bridgehead atoms. The Bertz CT molecular complexity index is 1130. The predicted molar refractivity (Wildman–Crippen MR) is 110 cm³/mol. The Kier molecular flexibility index (Phi) is 6.45. The molecule has 0 saturated carbocycles. The molecule has 12 heteroatoms. The molecule has 0 spiro atoms. The van der Waals surface area contributed by atoms with E-state index in [1.165, 1.54) is 12.3 Å². The summed E-state index contributed by atoms with van der Waals surface area (Å²) in [6.07, 6.45) is 0.0546. The first-order valence-corrected chi connectivity index (χ1v) is 10.1. The lowest BCUT2D eigenvalue weighted by molar-refractivity contribution is -0.274. The van der Waals surface area contributed by atoms with Gasteiger partial charge in [-0.05, 0) is 44.6 Å². The lowest BCUT2D eigenvalue weighted by atomic mass is 10.0. The number of aromatic nitrogens is 3. The van der Waals surface area contributed by atoms with Crippen LogP contribution in [-0.2, 0) is 0 Å². The number of benzene rings is 1. The summed E-state index contributed by atoms with van der Waals surface area (Å²) >= 11 is 0. The topological polar surface area (TPSA) is 72.4 Å². The van der Waals surface area contributed by atoms with Crippen molar-refractivity contribution in [3.8, 4) is 22.8 Å². The van der Waals surface area contributed by atoms with E-state index in [1.54, 1.807) is 12.3 Å². The van der Waals surface area contributed by atoms with Crippen LogP contribution >= 0.6 is 0 Å². The minimum absolute atomic E-state index is 0.0393. The second-order valence-corrected chi connectivity index (χ2v) is 7.65. The van der Waals surface area contributed by atoms with Crippen LogP contribution in [0.2, 0.25) is 0 Å². The van der Waals surface area contributed by atoms with Gasteiger partial charge in [-0.1, -0.05) is 0 Å². The van der Waals surface area contributed by atoms with E-state index in [4.69, 9.17) is 0 Å². The third-order valence-electron chi connectivity index (χ3n) is 5.20. The lowest BCUT2D eigenvalue weighted by Gasteiger charge is -2.30. The van der Waals surface area contributed by atoms with Crippen LogP contribution in [0.25, 0.3) is 22.0 Å². The van der Waals surface area contributed by atoms with Crippen LogP contribution in [-0.4, -0.2) is 59.2 Å². The zero-order valence-corrected chi connectivity index (χ0v) is 17.4. The number of nitrogens with one attached hydrogen (secondary N) is 1. The highest BCUT2D eigenvalue weighted by molar-refractivity contribution is 6.00. The van der Waals surface area contributed by atoms with Crippen molar-refractivity contribution in [2.24, 2.45) is 0 Å². The van der Waals surface area contributed by atoms with Gasteiger partial charge in [0.25, 0.3) is 0 Å². The Labute approximate surface area is 185 Å². The van der Waals surface area contributed by atoms with Crippen LogP contribution in [0, 0.1) is 0 Å². The smallest absolute Gasteiger partial charge is 0.434 e. The van der Waals surface area contributed by atoms with Gasteiger partial charge in [0, 0.05) is 47.4 Å². The van der Waals surface area contributed by atoms with Crippen LogP contribution < -0.4 is 14.8 Å². The molecule has 0 aliphatic carbocycles. The van der Waals surface area contributed by atoms with Gasteiger partial charge in [0.1, 0.15) is 17.2 Å². The van der Waals surface area contributed by atoms with Gasteiger partial charge in [-0.3, -0.25) is 4.98 Å². The fraction of sp³-hybridized carbons (Fsp3) is 0.381. The van der Waals surface area contributed by atoms with Crippen molar-refractivity contribution in [2.75, 3.05) is 25.5 Å². The van der Waals surface area contributed by atoms with Crippen LogP contribution in [0.15, 0.2) is 36.7 Å². The van der Waals surface area contributed by atoms with Crippen molar-refractivity contribution in [2.45, 2.75) is 31.9 Å². The summed E-state index contributed by atoms with van der Waals surface area (Å²) in [6, 6.07) is 4.69. The van der Waals surface area contributed by atoms with E-state index in [0.717, 1.165) is 38.1 Å². The highest BCUT2D eigenvalue weighted by Gasteiger charge is 2.32. The zero-order chi connectivity index (χ0) is 23.6. The van der Waals surface area contributed by atoms with E-state index in [9.17, 15) is 22.0 Å². The Morgan fingerprint density at radius 3 is 2.70 bits per heavy atom. The van der Waals surface area contributed by atoms with Crippen LogP contribution in [0.4, 0.5) is 27.8 Å². The number of halogens is 5. The number of piperidine rings is 1. The van der Waals surface area contributed by atoms with Gasteiger partial charge < -0.3 is 19.7 Å². The van der Waals surface area contributed by atoms with E-state index in [-0.39, 0.29) is 17.3 Å². The molecular weight excluding hydrogens is 449 g/mol. The summed E-state index contributed by atoms with van der Waals surface area (Å²) in [4.78, 5) is 6.32. The maximum atomic E-state index is 13.0. The second kappa shape index (κ2) is 9.30. The minimum Gasteiger partial charge on any atom is -0.434 e. The molecule has 4 rings (SSSR count). The maximum Gasteiger partial charge on any atom is 0.573 e. The van der Waals surface area contributed by atoms with Crippen molar-refractivity contribution >= 4 is 16.6 Å². The number of alkyl halides is 5. The Morgan fingerprint density at radius 2 is 1.97 bits per heavy atom. The van der Waals surface area contributed by atoms with E-state index < -0.39 is 24.5 Å². The van der Waals surface area contributed by atoms with Gasteiger partial charge in [0.15, 0.2) is 5.82 Å². The Hall–Kier alpha value is -3.28. The van der Waals surface area contributed by atoms with Gasteiger partial charge in [0.2, 0.25) is 0 Å². The molecule has 7 nitrogen and oxygen atoms in total. The summed E-state index contributed by atoms with van der Waals surface area (Å²) < 4.78 is 72.1. The quantitative estimate of drug-likeness (QED) is 0.525. The summed E-state index contributed by atoms with van der Waals surface area (Å²) in [5, 5.41) is 12.9. The number of likely N-dealkylation sites (N-methyl/N-ethyl adjacent to an activating group) is 1. The molecule has 1 atom stereocenters. The SMILES string of the molecule is CN1CCC[C@@H](Nc2nnc(-c3ccc(OC(F)(F)F)cc3OC(F)F)c3ccncc23)C1. The number of ether oxygens (including phenoxy) is 2. The summed E-state index contributed by atoms with van der Waals surface area (Å²) in [6.45, 7) is -1.44. The van der Waals surface area contributed by atoms with Gasteiger partial charge >= 0.3 is 13.0 Å². The van der Waals surface area contributed by atoms with Gasteiger partial charge in [0.05, 0.1) is 0 Å². The van der Waals surface area contributed by atoms with Crippen molar-refractivity contribution in [1.29, 1.82) is 0 Å². The van der Waals surface area contributed by atoms with E-state index >= 15 is 0 Å². The highest BCUT2D eigenvalue weighted by Crippen LogP contribution is 2.38. The van der Waals surface area contributed by atoms with Gasteiger partial charge in [-0.15, -0.1) is 23.4 Å². The average molecular weight is 469 g/mol. The second-order valence-electron chi connectivity index (χ2n) is 7.65. The third-order valence-corrected chi connectivity index (χ3v) is 5.20. The standard InChI is InChI=1S/C21H20F5N5O2/c1-31-8-2-3-12(11-31)28-19-16-10-27-7-6-14(16)18(29-30-19)15-5-4-13(33-21(24,25)26)9-17(15)32-20(22)23/h4-7,9-10,12,20H,2-3,8,11H2,1H3,(H,28,30)/t12-/m1/s1. The third kappa shape index (κ3) is 5.56. The van der Waals surface area contributed by atoms with E-state index in [1.807, 2.05) is 7.05 Å². The number of anilines is 1. The first-order valence-electron chi connectivity index (χ1n) is 10.1. The summed E-state index contributed by atoms with van der Waals surface area (Å²) in [5.74, 6) is -0.732. The molecule has 1 aromatic carbocycles. The molecule has 1 N–H and O–H groups in total. The molecule has 1 fully saturated rings. The molecule has 0 amide bonds.